The molecule has 58 valence electrons. The Morgan fingerprint density at radius 2 is 2.30 bits per heavy atom. The zero-order valence-electron chi connectivity index (χ0n) is 5.49. The van der Waals surface area contributed by atoms with Gasteiger partial charge < -0.3 is 14.9 Å². The van der Waals surface area contributed by atoms with Crippen LogP contribution >= 0.6 is 0 Å². The second-order valence-corrected chi connectivity index (χ2v) is 2.46. The molecule has 1 aliphatic rings. The number of hydrogen-bond donors (Lipinski definition) is 2. The van der Waals surface area contributed by atoms with E-state index >= 15 is 0 Å². The van der Waals surface area contributed by atoms with Crippen molar-refractivity contribution in [3.8, 4) is 0 Å². The van der Waals surface area contributed by atoms with Crippen LogP contribution in [0.25, 0.3) is 0 Å². The van der Waals surface area contributed by atoms with E-state index in [9.17, 15) is 4.79 Å². The van der Waals surface area contributed by atoms with E-state index in [2.05, 4.69) is 0 Å². The lowest BCUT2D eigenvalue weighted by molar-refractivity contribution is -0.138. The van der Waals surface area contributed by atoms with E-state index in [1.165, 1.54) is 0 Å². The molecular weight excluding hydrogens is 136 g/mol. The molecule has 0 aliphatic carbocycles. The van der Waals surface area contributed by atoms with Gasteiger partial charge in [-0.2, -0.15) is 0 Å². The summed E-state index contributed by atoms with van der Waals surface area (Å²) in [5, 5.41) is 17.4. The van der Waals surface area contributed by atoms with E-state index < -0.39 is 12.1 Å². The van der Waals surface area contributed by atoms with Gasteiger partial charge in [-0.05, 0) is 0 Å². The summed E-state index contributed by atoms with van der Waals surface area (Å²) in [6.07, 6.45) is -0.586. The van der Waals surface area contributed by atoms with Gasteiger partial charge in [-0.3, -0.25) is 4.79 Å². The average Bonchev–Trinajstić information content (AvgIpc) is 2.15. The molecule has 10 heavy (non-hydrogen) atoms. The maximum atomic E-state index is 10.1. The fourth-order valence-corrected chi connectivity index (χ4v) is 1.01. The lowest BCUT2D eigenvalue weighted by atomic mass is 10.0. The highest BCUT2D eigenvalue weighted by molar-refractivity contribution is 5.67. The first-order valence-electron chi connectivity index (χ1n) is 3.17. The summed E-state index contributed by atoms with van der Waals surface area (Å²) in [5.74, 6) is -1.09. The van der Waals surface area contributed by atoms with Crippen LogP contribution in [-0.2, 0) is 9.53 Å². The number of carboxylic acid groups (broad SMARTS) is 1. The fourth-order valence-electron chi connectivity index (χ4n) is 1.01. The molecule has 0 amide bonds. The first-order valence-corrected chi connectivity index (χ1v) is 3.17. The molecule has 0 spiro atoms. The molecule has 0 unspecified atom stereocenters. The molecule has 2 N–H and O–H groups in total. The minimum Gasteiger partial charge on any atom is -0.481 e. The fraction of sp³-hybridized carbons (Fsp3) is 0.833. The molecule has 0 saturated carbocycles. The van der Waals surface area contributed by atoms with Gasteiger partial charge in [0.05, 0.1) is 25.7 Å². The monoisotopic (exact) mass is 146 g/mol. The number of aliphatic hydroxyl groups excluding tert-OH is 1. The minimum atomic E-state index is -0.880. The standard InChI is InChI=1S/C6H10O4/c7-5-3-10-2-4(5)1-6(8)9/h4-5,7H,1-3H2,(H,8,9)/t4-,5-/m0/s1. The molecule has 1 rings (SSSR count). The molecular formula is C6H10O4. The summed E-state index contributed by atoms with van der Waals surface area (Å²) in [5.41, 5.74) is 0. The van der Waals surface area contributed by atoms with Crippen LogP contribution in [0.2, 0.25) is 0 Å². The Labute approximate surface area is 58.4 Å². The summed E-state index contributed by atoms with van der Waals surface area (Å²) < 4.78 is 4.86. The van der Waals surface area contributed by atoms with Gasteiger partial charge in [-0.15, -0.1) is 0 Å². The van der Waals surface area contributed by atoms with Gasteiger partial charge in [0.1, 0.15) is 0 Å². The number of hydrogen-bond acceptors (Lipinski definition) is 3. The van der Waals surface area contributed by atoms with Crippen LogP contribution in [0.4, 0.5) is 0 Å². The van der Waals surface area contributed by atoms with Gasteiger partial charge >= 0.3 is 5.97 Å². The number of carbonyl (C=O) groups is 1. The summed E-state index contributed by atoms with van der Waals surface area (Å²) in [6.45, 7) is 0.644. The number of rotatable bonds is 2. The maximum Gasteiger partial charge on any atom is 0.303 e. The van der Waals surface area contributed by atoms with Gasteiger partial charge in [0, 0.05) is 5.92 Å². The molecule has 0 bridgehead atoms. The van der Waals surface area contributed by atoms with E-state index in [1.54, 1.807) is 0 Å². The van der Waals surface area contributed by atoms with E-state index in [0.717, 1.165) is 0 Å². The minimum absolute atomic E-state index is 0.00116. The Morgan fingerprint density at radius 1 is 1.60 bits per heavy atom. The van der Waals surface area contributed by atoms with Crippen molar-refractivity contribution in [3.05, 3.63) is 0 Å². The third-order valence-electron chi connectivity index (χ3n) is 1.60. The maximum absolute atomic E-state index is 10.1. The van der Waals surface area contributed by atoms with Crippen LogP contribution in [0.15, 0.2) is 0 Å². The molecule has 1 heterocycles. The Bertz CT molecular complexity index is 134. The molecule has 2 atom stereocenters. The molecule has 0 aromatic carbocycles. The number of ether oxygens (including phenoxy) is 1. The summed E-state index contributed by atoms with van der Waals surface area (Å²) in [4.78, 5) is 10.1. The first-order chi connectivity index (χ1) is 4.70. The summed E-state index contributed by atoms with van der Waals surface area (Å²) in [6, 6.07) is 0. The quantitative estimate of drug-likeness (QED) is 0.549. The van der Waals surface area contributed by atoms with Crippen molar-refractivity contribution in [1.29, 1.82) is 0 Å². The van der Waals surface area contributed by atoms with Crippen LogP contribution < -0.4 is 0 Å². The SMILES string of the molecule is O=C(O)C[C@H]1COC[C@@H]1O. The average molecular weight is 146 g/mol. The van der Waals surface area contributed by atoms with Gasteiger partial charge in [-0.25, -0.2) is 0 Å². The van der Waals surface area contributed by atoms with Gasteiger partial charge in [0.25, 0.3) is 0 Å². The summed E-state index contributed by atoms with van der Waals surface area (Å²) in [7, 11) is 0. The van der Waals surface area contributed by atoms with Crippen molar-refractivity contribution in [2.75, 3.05) is 13.2 Å². The van der Waals surface area contributed by atoms with E-state index in [-0.39, 0.29) is 18.9 Å². The topological polar surface area (TPSA) is 66.8 Å². The van der Waals surface area contributed by atoms with Crippen molar-refractivity contribution in [2.24, 2.45) is 5.92 Å². The lowest BCUT2D eigenvalue weighted by Crippen LogP contribution is -2.20. The van der Waals surface area contributed by atoms with Crippen LogP contribution in [0.3, 0.4) is 0 Å². The first kappa shape index (κ1) is 7.50. The largest absolute Gasteiger partial charge is 0.481 e. The normalized spacial score (nSPS) is 32.5. The Hall–Kier alpha value is -0.610. The Balaban J connectivity index is 2.33. The number of carboxylic acids is 1. The molecule has 1 aliphatic heterocycles. The Kier molecular flexibility index (Phi) is 2.24. The number of aliphatic carboxylic acids is 1. The van der Waals surface area contributed by atoms with Gasteiger partial charge in [0.2, 0.25) is 0 Å². The van der Waals surface area contributed by atoms with Crippen molar-refractivity contribution in [2.45, 2.75) is 12.5 Å². The third-order valence-corrected chi connectivity index (χ3v) is 1.60. The zero-order valence-corrected chi connectivity index (χ0v) is 5.49. The van der Waals surface area contributed by atoms with Crippen LogP contribution in [0.1, 0.15) is 6.42 Å². The molecule has 0 aromatic heterocycles. The summed E-state index contributed by atoms with van der Waals surface area (Å²) >= 11 is 0. The predicted molar refractivity (Wildman–Crippen MR) is 32.6 cm³/mol. The molecule has 4 heteroatoms. The number of aliphatic hydroxyl groups is 1. The van der Waals surface area contributed by atoms with Crippen molar-refractivity contribution < 1.29 is 19.7 Å². The van der Waals surface area contributed by atoms with Crippen molar-refractivity contribution >= 4 is 5.97 Å². The molecule has 0 radical (unpaired) electrons. The second-order valence-electron chi connectivity index (χ2n) is 2.46. The third kappa shape index (κ3) is 1.68. The lowest BCUT2D eigenvalue weighted by Gasteiger charge is -2.07. The van der Waals surface area contributed by atoms with Crippen molar-refractivity contribution in [3.63, 3.8) is 0 Å². The van der Waals surface area contributed by atoms with Crippen LogP contribution in [-0.4, -0.2) is 35.5 Å². The second kappa shape index (κ2) is 2.98. The predicted octanol–water partition coefficient (Wildman–Crippen LogP) is -0.532. The van der Waals surface area contributed by atoms with Gasteiger partial charge in [-0.1, -0.05) is 0 Å². The molecule has 1 saturated heterocycles. The zero-order chi connectivity index (χ0) is 7.56. The van der Waals surface area contributed by atoms with E-state index in [1.807, 2.05) is 0 Å². The van der Waals surface area contributed by atoms with Crippen LogP contribution in [0, 0.1) is 5.92 Å². The molecule has 1 fully saturated rings. The van der Waals surface area contributed by atoms with Crippen molar-refractivity contribution in [1.82, 2.24) is 0 Å². The molecule has 0 aromatic rings. The molecule has 4 nitrogen and oxygen atoms in total. The van der Waals surface area contributed by atoms with Gasteiger partial charge in [0.15, 0.2) is 0 Å². The van der Waals surface area contributed by atoms with E-state index in [4.69, 9.17) is 14.9 Å². The van der Waals surface area contributed by atoms with E-state index in [0.29, 0.717) is 6.61 Å². The highest BCUT2D eigenvalue weighted by atomic mass is 16.5. The smallest absolute Gasteiger partial charge is 0.303 e. The van der Waals surface area contributed by atoms with Crippen LogP contribution in [0.5, 0.6) is 0 Å². The Morgan fingerprint density at radius 3 is 2.70 bits per heavy atom. The highest BCUT2D eigenvalue weighted by Crippen LogP contribution is 2.16. The highest BCUT2D eigenvalue weighted by Gasteiger charge is 2.27.